The number of rotatable bonds is 3. The molecular weight excluding hydrogens is 288 g/mol. The standard InChI is InChI=1S/C16H17ClN2O2/c1-16(2,3)13-7-10(15(20)21)8-14(19-13)18-12-6-4-5-11(17)9-12/h4-9H,1-3H3,(H,18,19)(H,20,21). The molecule has 0 unspecified atom stereocenters. The lowest BCUT2D eigenvalue weighted by atomic mass is 9.91. The molecule has 0 aliphatic heterocycles. The van der Waals surface area contributed by atoms with E-state index in [1.54, 1.807) is 18.2 Å². The van der Waals surface area contributed by atoms with Gasteiger partial charge in [-0.15, -0.1) is 0 Å². The normalized spacial score (nSPS) is 11.2. The van der Waals surface area contributed by atoms with Crippen molar-refractivity contribution in [2.24, 2.45) is 0 Å². The molecule has 0 aliphatic rings. The lowest BCUT2D eigenvalue weighted by Crippen LogP contribution is -2.16. The fourth-order valence-corrected chi connectivity index (χ4v) is 2.01. The zero-order valence-electron chi connectivity index (χ0n) is 12.1. The van der Waals surface area contributed by atoms with E-state index < -0.39 is 5.97 Å². The minimum Gasteiger partial charge on any atom is -0.478 e. The van der Waals surface area contributed by atoms with E-state index in [9.17, 15) is 9.90 Å². The molecule has 0 saturated heterocycles. The summed E-state index contributed by atoms with van der Waals surface area (Å²) in [5.74, 6) is -0.487. The van der Waals surface area contributed by atoms with Gasteiger partial charge in [0.15, 0.2) is 0 Å². The van der Waals surface area contributed by atoms with Crippen molar-refractivity contribution in [2.45, 2.75) is 26.2 Å². The third kappa shape index (κ3) is 3.95. The SMILES string of the molecule is CC(C)(C)c1cc(C(=O)O)cc(Nc2cccc(Cl)c2)n1. The second-order valence-electron chi connectivity index (χ2n) is 5.82. The Morgan fingerprint density at radius 1 is 1.24 bits per heavy atom. The Bertz CT molecular complexity index is 678. The Balaban J connectivity index is 2.43. The number of pyridine rings is 1. The highest BCUT2D eigenvalue weighted by Crippen LogP contribution is 2.25. The minimum atomic E-state index is -0.975. The van der Waals surface area contributed by atoms with Gasteiger partial charge in [0.2, 0.25) is 0 Å². The molecule has 0 saturated carbocycles. The Kier molecular flexibility index (Phi) is 4.19. The van der Waals surface area contributed by atoms with Crippen LogP contribution in [0.15, 0.2) is 36.4 Å². The highest BCUT2D eigenvalue weighted by molar-refractivity contribution is 6.30. The number of carboxylic acid groups (broad SMARTS) is 1. The van der Waals surface area contributed by atoms with Gasteiger partial charge in [0.25, 0.3) is 0 Å². The molecule has 21 heavy (non-hydrogen) atoms. The van der Waals surface area contributed by atoms with Crippen molar-refractivity contribution in [3.05, 3.63) is 52.7 Å². The zero-order chi connectivity index (χ0) is 15.6. The third-order valence-corrected chi connectivity index (χ3v) is 3.17. The van der Waals surface area contributed by atoms with E-state index in [2.05, 4.69) is 10.3 Å². The van der Waals surface area contributed by atoms with Gasteiger partial charge in [-0.05, 0) is 30.3 Å². The summed E-state index contributed by atoms with van der Waals surface area (Å²) >= 11 is 5.94. The van der Waals surface area contributed by atoms with Crippen molar-refractivity contribution in [3.8, 4) is 0 Å². The highest BCUT2D eigenvalue weighted by Gasteiger charge is 2.19. The number of halogens is 1. The van der Waals surface area contributed by atoms with Crippen molar-refractivity contribution in [1.29, 1.82) is 0 Å². The van der Waals surface area contributed by atoms with Gasteiger partial charge >= 0.3 is 5.97 Å². The maximum absolute atomic E-state index is 11.3. The van der Waals surface area contributed by atoms with E-state index in [-0.39, 0.29) is 11.0 Å². The summed E-state index contributed by atoms with van der Waals surface area (Å²) < 4.78 is 0. The van der Waals surface area contributed by atoms with E-state index in [4.69, 9.17) is 11.6 Å². The molecular formula is C16H17ClN2O2. The molecule has 0 bridgehead atoms. The van der Waals surface area contributed by atoms with Crippen LogP contribution in [0.1, 0.15) is 36.8 Å². The van der Waals surface area contributed by atoms with Crippen LogP contribution >= 0.6 is 11.6 Å². The number of benzene rings is 1. The largest absolute Gasteiger partial charge is 0.478 e. The quantitative estimate of drug-likeness (QED) is 0.878. The van der Waals surface area contributed by atoms with Crippen molar-refractivity contribution in [2.75, 3.05) is 5.32 Å². The summed E-state index contributed by atoms with van der Waals surface area (Å²) in [6.07, 6.45) is 0. The Hall–Kier alpha value is -2.07. The van der Waals surface area contributed by atoms with Crippen LogP contribution in [0.2, 0.25) is 5.02 Å². The maximum atomic E-state index is 11.3. The first-order valence-corrected chi connectivity index (χ1v) is 6.92. The molecule has 0 atom stereocenters. The van der Waals surface area contributed by atoms with E-state index in [0.717, 1.165) is 5.69 Å². The number of carboxylic acids is 1. The molecule has 0 aliphatic carbocycles. The predicted molar refractivity (Wildman–Crippen MR) is 84.6 cm³/mol. The molecule has 4 nitrogen and oxygen atoms in total. The molecule has 1 aromatic heterocycles. The fraction of sp³-hybridized carbons (Fsp3) is 0.250. The number of nitrogens with zero attached hydrogens (tertiary/aromatic N) is 1. The Morgan fingerprint density at radius 2 is 1.95 bits per heavy atom. The van der Waals surface area contributed by atoms with Crippen LogP contribution in [0, 0.1) is 0 Å². The van der Waals surface area contributed by atoms with Crippen molar-refractivity contribution < 1.29 is 9.90 Å². The molecule has 2 aromatic rings. The van der Waals surface area contributed by atoms with Gasteiger partial charge in [0.1, 0.15) is 5.82 Å². The molecule has 1 heterocycles. The number of hydrogen-bond donors (Lipinski definition) is 2. The first kappa shape index (κ1) is 15.3. The first-order chi connectivity index (χ1) is 9.75. The van der Waals surface area contributed by atoms with Crippen molar-refractivity contribution in [3.63, 3.8) is 0 Å². The summed E-state index contributed by atoms with van der Waals surface area (Å²) in [4.78, 5) is 15.8. The van der Waals surface area contributed by atoms with Crippen LogP contribution in [-0.4, -0.2) is 16.1 Å². The van der Waals surface area contributed by atoms with Crippen LogP contribution < -0.4 is 5.32 Å². The lowest BCUT2D eigenvalue weighted by molar-refractivity contribution is 0.0696. The minimum absolute atomic E-state index is 0.208. The van der Waals surface area contributed by atoms with Crippen molar-refractivity contribution in [1.82, 2.24) is 4.98 Å². The summed E-state index contributed by atoms with van der Waals surface area (Å²) in [5, 5.41) is 12.9. The van der Waals surface area contributed by atoms with Gasteiger partial charge in [0.05, 0.1) is 5.56 Å². The topological polar surface area (TPSA) is 62.2 Å². The second-order valence-corrected chi connectivity index (χ2v) is 6.25. The zero-order valence-corrected chi connectivity index (χ0v) is 12.9. The average Bonchev–Trinajstić information content (AvgIpc) is 2.37. The van der Waals surface area contributed by atoms with Crippen LogP contribution in [0.3, 0.4) is 0 Å². The third-order valence-electron chi connectivity index (χ3n) is 2.94. The van der Waals surface area contributed by atoms with Gasteiger partial charge in [0, 0.05) is 21.8 Å². The number of aromatic nitrogens is 1. The summed E-state index contributed by atoms with van der Waals surface area (Å²) in [6.45, 7) is 5.97. The Labute approximate surface area is 128 Å². The molecule has 0 radical (unpaired) electrons. The molecule has 1 aromatic carbocycles. The molecule has 0 spiro atoms. The van der Waals surface area contributed by atoms with E-state index >= 15 is 0 Å². The average molecular weight is 305 g/mol. The number of anilines is 2. The molecule has 5 heteroatoms. The number of nitrogens with one attached hydrogen (secondary N) is 1. The monoisotopic (exact) mass is 304 g/mol. The first-order valence-electron chi connectivity index (χ1n) is 6.54. The highest BCUT2D eigenvalue weighted by atomic mass is 35.5. The van der Waals surface area contributed by atoms with E-state index in [1.807, 2.05) is 32.9 Å². The van der Waals surface area contributed by atoms with Crippen LogP contribution in [0.5, 0.6) is 0 Å². The van der Waals surface area contributed by atoms with E-state index in [1.165, 1.54) is 6.07 Å². The summed E-state index contributed by atoms with van der Waals surface area (Å²) in [6, 6.07) is 10.3. The van der Waals surface area contributed by atoms with Crippen LogP contribution in [0.4, 0.5) is 11.5 Å². The van der Waals surface area contributed by atoms with Gasteiger partial charge in [-0.25, -0.2) is 9.78 Å². The van der Waals surface area contributed by atoms with Crippen LogP contribution in [0.25, 0.3) is 0 Å². The molecule has 110 valence electrons. The molecule has 2 N–H and O–H groups in total. The summed E-state index contributed by atoms with van der Waals surface area (Å²) in [7, 11) is 0. The fourth-order valence-electron chi connectivity index (χ4n) is 1.82. The predicted octanol–water partition coefficient (Wildman–Crippen LogP) is 4.47. The number of hydrogen-bond acceptors (Lipinski definition) is 3. The lowest BCUT2D eigenvalue weighted by Gasteiger charge is -2.19. The van der Waals surface area contributed by atoms with E-state index in [0.29, 0.717) is 16.5 Å². The molecule has 0 amide bonds. The summed E-state index contributed by atoms with van der Waals surface area (Å²) in [5.41, 5.74) is 1.44. The maximum Gasteiger partial charge on any atom is 0.335 e. The van der Waals surface area contributed by atoms with Gasteiger partial charge < -0.3 is 10.4 Å². The molecule has 2 rings (SSSR count). The van der Waals surface area contributed by atoms with Crippen molar-refractivity contribution >= 4 is 29.1 Å². The smallest absolute Gasteiger partial charge is 0.335 e. The van der Waals surface area contributed by atoms with Crippen LogP contribution in [-0.2, 0) is 5.41 Å². The molecule has 0 fully saturated rings. The van der Waals surface area contributed by atoms with Gasteiger partial charge in [-0.3, -0.25) is 0 Å². The van der Waals surface area contributed by atoms with Gasteiger partial charge in [-0.1, -0.05) is 38.4 Å². The van der Waals surface area contributed by atoms with Gasteiger partial charge in [-0.2, -0.15) is 0 Å². The number of carbonyl (C=O) groups is 1. The number of aromatic carboxylic acids is 1. The second kappa shape index (κ2) is 5.74. The Morgan fingerprint density at radius 3 is 2.52 bits per heavy atom.